The molecule has 0 fully saturated rings. The Morgan fingerprint density at radius 2 is 1.60 bits per heavy atom. The summed E-state index contributed by atoms with van der Waals surface area (Å²) in [6, 6.07) is 14.5. The number of benzene rings is 2. The number of carbonyl (C=O) groups excluding carboxylic acids is 1. The van der Waals surface area contributed by atoms with Gasteiger partial charge >= 0.3 is 6.18 Å². The van der Waals surface area contributed by atoms with Crippen LogP contribution in [0.3, 0.4) is 0 Å². The molecule has 0 aliphatic heterocycles. The minimum absolute atomic E-state index is 0. The second kappa shape index (κ2) is 13.1. The first-order valence-electron chi connectivity index (χ1n) is 9.37. The van der Waals surface area contributed by atoms with Gasteiger partial charge in [0.2, 0.25) is 5.91 Å². The summed E-state index contributed by atoms with van der Waals surface area (Å²) in [5, 5.41) is 8.95. The van der Waals surface area contributed by atoms with Gasteiger partial charge in [-0.3, -0.25) is 4.79 Å². The van der Waals surface area contributed by atoms with Gasteiger partial charge < -0.3 is 16.0 Å². The third-order valence-electron chi connectivity index (χ3n) is 4.02. The fourth-order valence-corrected chi connectivity index (χ4v) is 2.49. The molecule has 0 atom stereocenters. The van der Waals surface area contributed by atoms with Crippen LogP contribution < -0.4 is 16.0 Å². The Labute approximate surface area is 191 Å². The number of rotatable bonds is 8. The lowest BCUT2D eigenvalue weighted by atomic mass is 10.1. The Balaban J connectivity index is 0.00000450. The van der Waals surface area contributed by atoms with E-state index in [1.165, 1.54) is 12.1 Å². The van der Waals surface area contributed by atoms with Crippen molar-refractivity contribution in [2.75, 3.05) is 13.1 Å². The Morgan fingerprint density at radius 3 is 2.20 bits per heavy atom. The van der Waals surface area contributed by atoms with Gasteiger partial charge in [0, 0.05) is 26.1 Å². The molecule has 5 nitrogen and oxygen atoms in total. The number of alkyl halides is 3. The Kier molecular flexibility index (Phi) is 11.2. The molecule has 0 saturated heterocycles. The van der Waals surface area contributed by atoms with Crippen molar-refractivity contribution >= 4 is 35.8 Å². The van der Waals surface area contributed by atoms with Crippen molar-refractivity contribution in [2.45, 2.75) is 32.6 Å². The van der Waals surface area contributed by atoms with Gasteiger partial charge in [-0.15, -0.1) is 24.0 Å². The monoisotopic (exact) mass is 534 g/mol. The van der Waals surface area contributed by atoms with Crippen LogP contribution in [0.25, 0.3) is 0 Å². The average Bonchev–Trinajstić information content (AvgIpc) is 2.71. The molecular weight excluding hydrogens is 508 g/mol. The third kappa shape index (κ3) is 9.47. The van der Waals surface area contributed by atoms with Crippen molar-refractivity contribution in [2.24, 2.45) is 4.99 Å². The molecule has 30 heavy (non-hydrogen) atoms. The molecule has 3 N–H and O–H groups in total. The topological polar surface area (TPSA) is 65.5 Å². The van der Waals surface area contributed by atoms with Crippen LogP contribution in [0.2, 0.25) is 0 Å². The second-order valence-corrected chi connectivity index (χ2v) is 6.33. The normalized spacial score (nSPS) is 11.4. The standard InChI is InChI=1S/C21H25F3N4O.HI/c1-2-25-20(28-15-17-8-10-18(11-9-17)21(22,23)24)26-13-12-19(29)27-14-16-6-4-3-5-7-16;/h3-11H,2,12-15H2,1H3,(H,27,29)(H2,25,26,28);1H. The minimum Gasteiger partial charge on any atom is -0.357 e. The number of amides is 1. The van der Waals surface area contributed by atoms with Gasteiger partial charge in [0.25, 0.3) is 0 Å². The molecule has 0 aliphatic carbocycles. The zero-order valence-corrected chi connectivity index (χ0v) is 19.0. The van der Waals surface area contributed by atoms with Crippen LogP contribution in [0.15, 0.2) is 59.6 Å². The third-order valence-corrected chi connectivity index (χ3v) is 4.02. The number of aliphatic imine (C=N–C) groups is 1. The molecular formula is C21H26F3IN4O. The van der Waals surface area contributed by atoms with Gasteiger partial charge in [-0.1, -0.05) is 42.5 Å². The van der Waals surface area contributed by atoms with Crippen LogP contribution in [0.5, 0.6) is 0 Å². The SMILES string of the molecule is CCNC(=NCc1ccc(C(F)(F)F)cc1)NCCC(=O)NCc1ccccc1.I. The van der Waals surface area contributed by atoms with Crippen molar-refractivity contribution in [3.8, 4) is 0 Å². The van der Waals surface area contributed by atoms with Crippen LogP contribution in [0.1, 0.15) is 30.0 Å². The van der Waals surface area contributed by atoms with Crippen LogP contribution in [-0.4, -0.2) is 25.0 Å². The quantitative estimate of drug-likeness (QED) is 0.272. The molecule has 0 unspecified atom stereocenters. The summed E-state index contributed by atoms with van der Waals surface area (Å²) in [4.78, 5) is 16.3. The molecule has 0 aliphatic rings. The smallest absolute Gasteiger partial charge is 0.357 e. The molecule has 0 radical (unpaired) electrons. The molecule has 9 heteroatoms. The number of hydrogen-bond donors (Lipinski definition) is 3. The molecule has 2 aromatic carbocycles. The lowest BCUT2D eigenvalue weighted by Crippen LogP contribution is -2.39. The van der Waals surface area contributed by atoms with Crippen molar-refractivity contribution in [1.29, 1.82) is 0 Å². The minimum atomic E-state index is -4.35. The first-order chi connectivity index (χ1) is 13.9. The average molecular weight is 534 g/mol. The summed E-state index contributed by atoms with van der Waals surface area (Å²) in [6.45, 7) is 3.62. The first kappa shape index (κ1) is 25.7. The molecule has 0 bridgehead atoms. The van der Waals surface area contributed by atoms with E-state index in [0.717, 1.165) is 17.7 Å². The van der Waals surface area contributed by atoms with Crippen LogP contribution >= 0.6 is 24.0 Å². The van der Waals surface area contributed by atoms with Crippen molar-refractivity contribution in [3.63, 3.8) is 0 Å². The van der Waals surface area contributed by atoms with Crippen LogP contribution in [0, 0.1) is 0 Å². The largest absolute Gasteiger partial charge is 0.416 e. The van der Waals surface area contributed by atoms with Crippen molar-refractivity contribution in [1.82, 2.24) is 16.0 Å². The predicted molar refractivity (Wildman–Crippen MR) is 123 cm³/mol. The molecule has 1 amide bonds. The fraction of sp³-hybridized carbons (Fsp3) is 0.333. The molecule has 0 aromatic heterocycles. The van der Waals surface area contributed by atoms with E-state index in [4.69, 9.17) is 0 Å². The van der Waals surface area contributed by atoms with Gasteiger partial charge in [-0.2, -0.15) is 13.2 Å². The van der Waals surface area contributed by atoms with Gasteiger partial charge in [0.15, 0.2) is 5.96 Å². The summed E-state index contributed by atoms with van der Waals surface area (Å²) in [7, 11) is 0. The highest BCUT2D eigenvalue weighted by Gasteiger charge is 2.29. The van der Waals surface area contributed by atoms with E-state index in [1.807, 2.05) is 37.3 Å². The van der Waals surface area contributed by atoms with E-state index in [1.54, 1.807) is 0 Å². The molecule has 0 saturated carbocycles. The number of hydrogen-bond acceptors (Lipinski definition) is 2. The lowest BCUT2D eigenvalue weighted by molar-refractivity contribution is -0.137. The molecule has 164 valence electrons. The van der Waals surface area contributed by atoms with Crippen LogP contribution in [-0.2, 0) is 24.1 Å². The number of nitrogens with zero attached hydrogens (tertiary/aromatic N) is 1. The zero-order valence-electron chi connectivity index (χ0n) is 16.6. The predicted octanol–water partition coefficient (Wildman–Crippen LogP) is 4.09. The highest BCUT2D eigenvalue weighted by Crippen LogP contribution is 2.29. The summed E-state index contributed by atoms with van der Waals surface area (Å²) in [5.41, 5.74) is 1.01. The van der Waals surface area contributed by atoms with Gasteiger partial charge in [0.05, 0.1) is 12.1 Å². The van der Waals surface area contributed by atoms with Gasteiger partial charge in [-0.25, -0.2) is 4.99 Å². The maximum Gasteiger partial charge on any atom is 0.416 e. The Bertz CT molecular complexity index is 796. The maximum atomic E-state index is 12.6. The maximum absolute atomic E-state index is 12.6. The zero-order chi connectivity index (χ0) is 21.1. The van der Waals surface area contributed by atoms with E-state index < -0.39 is 11.7 Å². The van der Waals surface area contributed by atoms with Crippen LogP contribution in [0.4, 0.5) is 13.2 Å². The van der Waals surface area contributed by atoms with E-state index in [0.29, 0.717) is 31.2 Å². The Morgan fingerprint density at radius 1 is 0.933 bits per heavy atom. The molecule has 0 heterocycles. The van der Waals surface area contributed by atoms with Crippen molar-refractivity contribution < 1.29 is 18.0 Å². The van der Waals surface area contributed by atoms with Crippen molar-refractivity contribution in [3.05, 3.63) is 71.3 Å². The summed E-state index contributed by atoms with van der Waals surface area (Å²) in [5.74, 6) is 0.420. The highest BCUT2D eigenvalue weighted by molar-refractivity contribution is 14.0. The first-order valence-corrected chi connectivity index (χ1v) is 9.37. The summed E-state index contributed by atoms with van der Waals surface area (Å²) in [6.07, 6.45) is -4.07. The number of guanidine groups is 1. The molecule has 0 spiro atoms. The number of halogens is 4. The van der Waals surface area contributed by atoms with Gasteiger partial charge in [0.1, 0.15) is 0 Å². The fourth-order valence-electron chi connectivity index (χ4n) is 2.49. The van der Waals surface area contributed by atoms with E-state index >= 15 is 0 Å². The lowest BCUT2D eigenvalue weighted by Gasteiger charge is -2.12. The number of nitrogens with one attached hydrogen (secondary N) is 3. The number of carbonyl (C=O) groups is 1. The van der Waals surface area contributed by atoms with E-state index in [-0.39, 0.29) is 42.8 Å². The summed E-state index contributed by atoms with van der Waals surface area (Å²) < 4.78 is 37.8. The molecule has 2 rings (SSSR count). The van der Waals surface area contributed by atoms with Gasteiger partial charge in [-0.05, 0) is 30.2 Å². The highest BCUT2D eigenvalue weighted by atomic mass is 127. The summed E-state index contributed by atoms with van der Waals surface area (Å²) >= 11 is 0. The second-order valence-electron chi connectivity index (χ2n) is 6.33. The van der Waals surface area contributed by atoms with E-state index in [9.17, 15) is 18.0 Å². The Hall–Kier alpha value is -2.30. The molecule has 2 aromatic rings. The van der Waals surface area contributed by atoms with E-state index in [2.05, 4.69) is 20.9 Å².